The number of aryl methyl sites for hydroxylation is 1. The van der Waals surface area contributed by atoms with Gasteiger partial charge in [-0.3, -0.25) is 9.59 Å². The van der Waals surface area contributed by atoms with Crippen LogP contribution in [0.3, 0.4) is 0 Å². The summed E-state index contributed by atoms with van der Waals surface area (Å²) in [5, 5.41) is 12.8. The van der Waals surface area contributed by atoms with Crippen LogP contribution in [0.4, 0.5) is 0 Å². The lowest BCUT2D eigenvalue weighted by atomic mass is 10.1. The van der Waals surface area contributed by atoms with Gasteiger partial charge in [0.2, 0.25) is 10.0 Å². The summed E-state index contributed by atoms with van der Waals surface area (Å²) < 4.78 is 27.7. The number of rotatable bonds is 10. The monoisotopic (exact) mass is 506 g/mol. The minimum atomic E-state index is -4.04. The molecule has 1 aromatic heterocycles. The van der Waals surface area contributed by atoms with Crippen molar-refractivity contribution >= 4 is 44.8 Å². The second-order valence-electron chi connectivity index (χ2n) is 7.35. The summed E-state index contributed by atoms with van der Waals surface area (Å²) in [7, 11) is -4.04. The predicted octanol–water partition coefficient (Wildman–Crippen LogP) is 4.32. The second-order valence-corrected chi connectivity index (χ2v) is 10.8. The van der Waals surface area contributed by atoms with E-state index in [0.717, 1.165) is 16.0 Å². The molecule has 0 saturated carbocycles. The number of carbonyl (C=O) groups is 2. The third kappa shape index (κ3) is 6.88. The van der Waals surface area contributed by atoms with E-state index >= 15 is 0 Å². The summed E-state index contributed by atoms with van der Waals surface area (Å²) in [6.07, 6.45) is 0.326. The first-order valence-corrected chi connectivity index (χ1v) is 12.8. The van der Waals surface area contributed by atoms with Gasteiger partial charge in [-0.2, -0.15) is 4.72 Å². The maximum Gasteiger partial charge on any atom is 0.321 e. The Bertz CT molecular complexity index is 1220. The van der Waals surface area contributed by atoms with Gasteiger partial charge in [0.05, 0.1) is 9.77 Å². The summed E-state index contributed by atoms with van der Waals surface area (Å²) in [5.41, 5.74) is 1.68. The molecule has 0 saturated heterocycles. The third-order valence-corrected chi connectivity index (χ3v) is 7.60. The smallest absolute Gasteiger partial charge is 0.321 e. The van der Waals surface area contributed by atoms with Crippen molar-refractivity contribution in [1.29, 1.82) is 0 Å². The Morgan fingerprint density at radius 1 is 1.00 bits per heavy atom. The first-order valence-electron chi connectivity index (χ1n) is 10.1. The highest BCUT2D eigenvalue weighted by Crippen LogP contribution is 2.23. The van der Waals surface area contributed by atoms with Gasteiger partial charge in [0.25, 0.3) is 5.91 Å². The quantitative estimate of drug-likeness (QED) is 0.354. The molecule has 3 N–H and O–H groups in total. The highest BCUT2D eigenvalue weighted by atomic mass is 35.5. The molecule has 1 amide bonds. The minimum absolute atomic E-state index is 0.0289. The van der Waals surface area contributed by atoms with E-state index in [1.54, 1.807) is 30.3 Å². The van der Waals surface area contributed by atoms with E-state index in [4.69, 9.17) is 11.6 Å². The fourth-order valence-electron chi connectivity index (χ4n) is 3.11. The molecule has 0 spiro atoms. The van der Waals surface area contributed by atoms with Gasteiger partial charge in [-0.15, -0.1) is 11.3 Å². The number of aliphatic carboxylic acids is 1. The molecule has 10 heteroatoms. The third-order valence-electron chi connectivity index (χ3n) is 4.86. The number of halogens is 1. The first-order chi connectivity index (χ1) is 15.7. The highest BCUT2D eigenvalue weighted by molar-refractivity contribution is 7.89. The van der Waals surface area contributed by atoms with E-state index in [1.165, 1.54) is 23.5 Å². The van der Waals surface area contributed by atoms with Gasteiger partial charge in [0.15, 0.2) is 0 Å². The van der Waals surface area contributed by atoms with Gasteiger partial charge in [-0.25, -0.2) is 8.42 Å². The van der Waals surface area contributed by atoms with Crippen LogP contribution >= 0.6 is 22.9 Å². The van der Waals surface area contributed by atoms with Crippen molar-refractivity contribution in [1.82, 2.24) is 10.0 Å². The SMILES string of the molecule is Cc1ccc(C(=O)NCCC[C@H](NS(=O)(=O)c2ccc(-c3ccc(Cl)cc3)cc2)C(=O)O)s1. The van der Waals surface area contributed by atoms with Crippen molar-refractivity contribution in [3.63, 3.8) is 0 Å². The number of amides is 1. The van der Waals surface area contributed by atoms with Crippen LogP contribution in [0.1, 0.15) is 27.4 Å². The molecule has 1 atom stereocenters. The van der Waals surface area contributed by atoms with Crippen LogP contribution in [0.5, 0.6) is 0 Å². The fraction of sp³-hybridized carbons (Fsp3) is 0.217. The molecular weight excluding hydrogens is 484 g/mol. The standard InChI is InChI=1S/C23H23ClN2O5S2/c1-15-4-13-21(32-15)22(27)25-14-2-3-20(23(28)29)26-33(30,31)19-11-7-17(8-12-19)16-5-9-18(24)10-6-16/h4-13,20,26H,2-3,14H2,1H3,(H,25,27)(H,28,29)/t20-/m0/s1. The number of sulfonamides is 1. The molecule has 0 aliphatic heterocycles. The van der Waals surface area contributed by atoms with Gasteiger partial charge in [-0.1, -0.05) is 35.9 Å². The molecule has 3 rings (SSSR count). The number of carboxylic acid groups (broad SMARTS) is 1. The Hall–Kier alpha value is -2.72. The summed E-state index contributed by atoms with van der Waals surface area (Å²) >= 11 is 7.26. The van der Waals surface area contributed by atoms with Crippen molar-refractivity contribution in [3.05, 3.63) is 75.4 Å². The summed E-state index contributed by atoms with van der Waals surface area (Å²) in [5.74, 6) is -1.52. The van der Waals surface area contributed by atoms with Gasteiger partial charge in [0.1, 0.15) is 6.04 Å². The van der Waals surface area contributed by atoms with E-state index in [-0.39, 0.29) is 23.8 Å². The molecule has 2 aromatic carbocycles. The molecule has 0 radical (unpaired) electrons. The normalized spacial score (nSPS) is 12.3. The maximum absolute atomic E-state index is 12.7. The average Bonchev–Trinajstić information content (AvgIpc) is 3.22. The molecule has 0 aliphatic rings. The van der Waals surface area contributed by atoms with Crippen molar-refractivity contribution < 1.29 is 23.1 Å². The molecule has 174 valence electrons. The zero-order valence-corrected chi connectivity index (χ0v) is 20.1. The molecule has 7 nitrogen and oxygen atoms in total. The average molecular weight is 507 g/mol. The lowest BCUT2D eigenvalue weighted by molar-refractivity contribution is -0.139. The molecule has 1 heterocycles. The number of hydrogen-bond donors (Lipinski definition) is 3. The van der Waals surface area contributed by atoms with Gasteiger partial charge >= 0.3 is 5.97 Å². The number of nitrogens with one attached hydrogen (secondary N) is 2. The van der Waals surface area contributed by atoms with Gasteiger partial charge in [-0.05, 0) is 67.3 Å². The maximum atomic E-state index is 12.7. The van der Waals surface area contributed by atoms with Crippen molar-refractivity contribution in [2.45, 2.75) is 30.7 Å². The van der Waals surface area contributed by atoms with Crippen molar-refractivity contribution in [3.8, 4) is 11.1 Å². The molecule has 3 aromatic rings. The van der Waals surface area contributed by atoms with Gasteiger partial charge < -0.3 is 10.4 Å². The van der Waals surface area contributed by atoms with Crippen LogP contribution in [-0.4, -0.2) is 38.0 Å². The molecule has 0 bridgehead atoms. The van der Waals surface area contributed by atoms with E-state index in [9.17, 15) is 23.1 Å². The Morgan fingerprint density at radius 2 is 1.61 bits per heavy atom. The highest BCUT2D eigenvalue weighted by Gasteiger charge is 2.25. The molecule has 0 fully saturated rings. The first kappa shape index (κ1) is 24.9. The summed E-state index contributed by atoms with van der Waals surface area (Å²) in [6.45, 7) is 2.13. The van der Waals surface area contributed by atoms with Gasteiger partial charge in [0, 0.05) is 16.4 Å². The molecule has 0 unspecified atom stereocenters. The van der Waals surface area contributed by atoms with E-state index in [0.29, 0.717) is 16.3 Å². The minimum Gasteiger partial charge on any atom is -0.480 e. The number of benzene rings is 2. The number of hydrogen-bond acceptors (Lipinski definition) is 5. The zero-order chi connectivity index (χ0) is 24.0. The van der Waals surface area contributed by atoms with Crippen LogP contribution in [0, 0.1) is 6.92 Å². The van der Waals surface area contributed by atoms with Crippen LogP contribution < -0.4 is 10.0 Å². The zero-order valence-electron chi connectivity index (χ0n) is 17.7. The van der Waals surface area contributed by atoms with Crippen LogP contribution in [0.25, 0.3) is 11.1 Å². The number of thiophene rings is 1. The molecule has 33 heavy (non-hydrogen) atoms. The van der Waals surface area contributed by atoms with E-state index in [1.807, 2.05) is 25.1 Å². The Kier molecular flexibility index (Phi) is 8.25. The van der Waals surface area contributed by atoms with E-state index in [2.05, 4.69) is 10.0 Å². The van der Waals surface area contributed by atoms with E-state index < -0.39 is 22.0 Å². The largest absolute Gasteiger partial charge is 0.480 e. The summed E-state index contributed by atoms with van der Waals surface area (Å²) in [4.78, 5) is 25.2. The van der Waals surface area contributed by atoms with Crippen molar-refractivity contribution in [2.75, 3.05) is 6.54 Å². The Morgan fingerprint density at radius 3 is 2.15 bits per heavy atom. The van der Waals surface area contributed by atoms with Crippen molar-refractivity contribution in [2.24, 2.45) is 0 Å². The molecule has 0 aliphatic carbocycles. The lowest BCUT2D eigenvalue weighted by Crippen LogP contribution is -2.41. The Labute approximate surface area is 201 Å². The number of carboxylic acids is 1. The lowest BCUT2D eigenvalue weighted by Gasteiger charge is -2.15. The predicted molar refractivity (Wildman–Crippen MR) is 129 cm³/mol. The Balaban J connectivity index is 1.58. The topological polar surface area (TPSA) is 113 Å². The number of carbonyl (C=O) groups excluding carboxylic acids is 1. The van der Waals surface area contributed by atoms with Crippen LogP contribution in [-0.2, 0) is 14.8 Å². The molecular formula is C23H23ClN2O5S2. The van der Waals surface area contributed by atoms with Crippen LogP contribution in [0.15, 0.2) is 65.6 Å². The second kappa shape index (κ2) is 10.9. The fourth-order valence-corrected chi connectivity index (χ4v) is 5.24. The summed E-state index contributed by atoms with van der Waals surface area (Å²) in [6, 6.07) is 15.5. The van der Waals surface area contributed by atoms with Crippen LogP contribution in [0.2, 0.25) is 5.02 Å².